The smallest absolute Gasteiger partial charge is 0.328 e. The highest BCUT2D eigenvalue weighted by Crippen LogP contribution is 2.40. The molecule has 2 bridgehead atoms. The normalized spacial score (nSPS) is 25.7. The number of fused-ring (bicyclic) bond motifs is 2. The average molecular weight is 292 g/mol. The van der Waals surface area contributed by atoms with Crippen molar-refractivity contribution in [3.05, 3.63) is 17.2 Å². The number of rotatable bonds is 3. The number of carboxylic acids is 1. The van der Waals surface area contributed by atoms with E-state index >= 15 is 0 Å². The van der Waals surface area contributed by atoms with Gasteiger partial charge in [0.25, 0.3) is 0 Å². The Bertz CT molecular complexity index is 600. The number of imide groups is 1. The number of aliphatic carboxylic acids is 1. The van der Waals surface area contributed by atoms with Crippen LogP contribution in [-0.2, 0) is 14.4 Å². The van der Waals surface area contributed by atoms with Gasteiger partial charge >= 0.3 is 5.97 Å². The van der Waals surface area contributed by atoms with E-state index in [1.165, 1.54) is 17.2 Å². The molecule has 1 aliphatic heterocycles. The summed E-state index contributed by atoms with van der Waals surface area (Å²) in [5.74, 6) is -1.54. The van der Waals surface area contributed by atoms with Gasteiger partial charge in [-0.05, 0) is 25.3 Å². The lowest BCUT2D eigenvalue weighted by molar-refractivity contribution is -0.133. The molecule has 2 atom stereocenters. The molecule has 3 rings (SSSR count). The van der Waals surface area contributed by atoms with Crippen LogP contribution in [0.3, 0.4) is 0 Å². The standard InChI is InChI=1S/C13H12N2O4S/c16-10(17)4-3-9-6-14-13(20-9)15-11(18)7-1-2-8(5-7)12(15)19/h3-4,6-8H,1-2,5H2,(H,16,17)/b4-3+. The van der Waals surface area contributed by atoms with Crippen LogP contribution in [0.2, 0.25) is 0 Å². The number of nitrogens with zero attached hydrogens (tertiary/aromatic N) is 2. The molecule has 2 aliphatic rings. The lowest BCUT2D eigenvalue weighted by Crippen LogP contribution is -2.46. The minimum atomic E-state index is -1.05. The van der Waals surface area contributed by atoms with Gasteiger partial charge in [-0.2, -0.15) is 0 Å². The fourth-order valence-electron chi connectivity index (χ4n) is 2.70. The molecule has 1 saturated carbocycles. The average Bonchev–Trinajstić information content (AvgIpc) is 3.03. The monoisotopic (exact) mass is 292 g/mol. The Kier molecular flexibility index (Phi) is 3.13. The van der Waals surface area contributed by atoms with Gasteiger partial charge in [-0.15, -0.1) is 0 Å². The third-order valence-electron chi connectivity index (χ3n) is 3.66. The largest absolute Gasteiger partial charge is 0.478 e. The van der Waals surface area contributed by atoms with Crippen LogP contribution in [0, 0.1) is 11.8 Å². The van der Waals surface area contributed by atoms with Gasteiger partial charge in [0.1, 0.15) is 0 Å². The summed E-state index contributed by atoms with van der Waals surface area (Å²) in [6.07, 6.45) is 6.06. The summed E-state index contributed by atoms with van der Waals surface area (Å²) in [7, 11) is 0. The predicted octanol–water partition coefficient (Wildman–Crippen LogP) is 1.53. The van der Waals surface area contributed by atoms with Crippen molar-refractivity contribution < 1.29 is 19.5 Å². The van der Waals surface area contributed by atoms with E-state index in [1.54, 1.807) is 0 Å². The Morgan fingerprint density at radius 2 is 2.00 bits per heavy atom. The molecule has 1 aliphatic carbocycles. The van der Waals surface area contributed by atoms with Gasteiger partial charge in [0, 0.05) is 29.0 Å². The molecule has 2 unspecified atom stereocenters. The van der Waals surface area contributed by atoms with Gasteiger partial charge in [-0.1, -0.05) is 11.3 Å². The van der Waals surface area contributed by atoms with Crippen LogP contribution < -0.4 is 4.90 Å². The second-order valence-corrected chi connectivity index (χ2v) is 5.98. The zero-order chi connectivity index (χ0) is 14.3. The van der Waals surface area contributed by atoms with Gasteiger partial charge in [-0.3, -0.25) is 9.59 Å². The number of hydrogen-bond donors (Lipinski definition) is 1. The SMILES string of the molecule is O=C(O)/C=C/c1cnc(N2C(=O)C3CCC(C3)C2=O)s1. The molecule has 2 amide bonds. The first-order valence-corrected chi connectivity index (χ1v) is 7.12. The number of carbonyl (C=O) groups is 3. The molecule has 104 valence electrons. The minimum Gasteiger partial charge on any atom is -0.478 e. The van der Waals surface area contributed by atoms with Gasteiger partial charge < -0.3 is 5.11 Å². The van der Waals surface area contributed by atoms with Crippen LogP contribution in [-0.4, -0.2) is 27.9 Å². The highest BCUT2D eigenvalue weighted by atomic mass is 32.1. The molecule has 6 nitrogen and oxygen atoms in total. The third-order valence-corrected chi connectivity index (χ3v) is 4.61. The van der Waals surface area contributed by atoms with Crippen molar-refractivity contribution >= 4 is 40.3 Å². The van der Waals surface area contributed by atoms with Crippen LogP contribution in [0.25, 0.3) is 6.08 Å². The Labute approximate surface area is 118 Å². The Balaban J connectivity index is 1.87. The maximum Gasteiger partial charge on any atom is 0.328 e. The zero-order valence-electron chi connectivity index (χ0n) is 10.5. The van der Waals surface area contributed by atoms with Crippen LogP contribution >= 0.6 is 11.3 Å². The molecule has 1 saturated heterocycles. The fourth-order valence-corrected chi connectivity index (χ4v) is 3.53. The van der Waals surface area contributed by atoms with Crippen molar-refractivity contribution in [3.8, 4) is 0 Å². The van der Waals surface area contributed by atoms with E-state index < -0.39 is 5.97 Å². The number of carboxylic acid groups (broad SMARTS) is 1. The molecular weight excluding hydrogens is 280 g/mol. The Morgan fingerprint density at radius 1 is 1.35 bits per heavy atom. The first kappa shape index (κ1) is 13.0. The second-order valence-electron chi connectivity index (χ2n) is 4.94. The van der Waals surface area contributed by atoms with Crippen molar-refractivity contribution in [2.24, 2.45) is 11.8 Å². The highest BCUT2D eigenvalue weighted by Gasteiger charge is 2.46. The van der Waals surface area contributed by atoms with E-state index in [9.17, 15) is 14.4 Å². The summed E-state index contributed by atoms with van der Waals surface area (Å²) in [5, 5.41) is 8.91. The summed E-state index contributed by atoms with van der Waals surface area (Å²) in [4.78, 5) is 40.8. The number of thiazole rings is 1. The summed E-state index contributed by atoms with van der Waals surface area (Å²) in [6, 6.07) is 0. The van der Waals surface area contributed by atoms with Crippen LogP contribution in [0.4, 0.5) is 5.13 Å². The molecule has 0 aromatic carbocycles. The lowest BCUT2D eigenvalue weighted by atomic mass is 9.98. The van der Waals surface area contributed by atoms with E-state index in [0.717, 1.165) is 30.3 Å². The molecule has 20 heavy (non-hydrogen) atoms. The summed E-state index contributed by atoms with van der Waals surface area (Å²) in [6.45, 7) is 0. The quantitative estimate of drug-likeness (QED) is 0.674. The molecule has 2 heterocycles. The van der Waals surface area contributed by atoms with Crippen LogP contribution in [0.5, 0.6) is 0 Å². The molecule has 2 fully saturated rings. The van der Waals surface area contributed by atoms with E-state index in [-0.39, 0.29) is 23.7 Å². The van der Waals surface area contributed by atoms with Gasteiger partial charge in [0.2, 0.25) is 11.8 Å². The lowest BCUT2D eigenvalue weighted by Gasteiger charge is -2.27. The topological polar surface area (TPSA) is 87.6 Å². The van der Waals surface area contributed by atoms with E-state index in [1.807, 2.05) is 0 Å². The van der Waals surface area contributed by atoms with E-state index in [2.05, 4.69) is 4.98 Å². The minimum absolute atomic E-state index is 0.0698. The first-order chi connectivity index (χ1) is 9.56. The molecule has 0 radical (unpaired) electrons. The number of anilines is 1. The number of aromatic nitrogens is 1. The maximum absolute atomic E-state index is 12.2. The summed E-state index contributed by atoms with van der Waals surface area (Å²) >= 11 is 1.14. The molecule has 1 aromatic rings. The van der Waals surface area contributed by atoms with Gasteiger partial charge in [0.05, 0.1) is 0 Å². The van der Waals surface area contributed by atoms with Crippen LogP contribution in [0.1, 0.15) is 24.1 Å². The van der Waals surface area contributed by atoms with Crippen molar-refractivity contribution in [1.29, 1.82) is 0 Å². The summed E-state index contributed by atoms with van der Waals surface area (Å²) < 4.78 is 0. The summed E-state index contributed by atoms with van der Waals surface area (Å²) in [5.41, 5.74) is 0. The first-order valence-electron chi connectivity index (χ1n) is 6.31. The van der Waals surface area contributed by atoms with Gasteiger partial charge in [-0.25, -0.2) is 14.7 Å². The highest BCUT2D eigenvalue weighted by molar-refractivity contribution is 7.16. The Hall–Kier alpha value is -2.02. The van der Waals surface area contributed by atoms with Crippen LogP contribution in [0.15, 0.2) is 12.3 Å². The number of amides is 2. The molecule has 0 spiro atoms. The Morgan fingerprint density at radius 3 is 2.60 bits per heavy atom. The van der Waals surface area contributed by atoms with Gasteiger partial charge in [0.15, 0.2) is 5.13 Å². The number of carbonyl (C=O) groups excluding carboxylic acids is 2. The van der Waals surface area contributed by atoms with E-state index in [0.29, 0.717) is 16.4 Å². The zero-order valence-corrected chi connectivity index (χ0v) is 11.3. The number of hydrogen-bond acceptors (Lipinski definition) is 5. The molecular formula is C13H12N2O4S. The third kappa shape index (κ3) is 2.14. The molecule has 1 N–H and O–H groups in total. The maximum atomic E-state index is 12.2. The van der Waals surface area contributed by atoms with Crippen molar-refractivity contribution in [2.75, 3.05) is 4.90 Å². The van der Waals surface area contributed by atoms with Crippen molar-refractivity contribution in [2.45, 2.75) is 19.3 Å². The number of piperidine rings is 1. The second kappa shape index (κ2) is 4.82. The van der Waals surface area contributed by atoms with E-state index in [4.69, 9.17) is 5.11 Å². The van der Waals surface area contributed by atoms with Crippen molar-refractivity contribution in [1.82, 2.24) is 4.98 Å². The predicted molar refractivity (Wildman–Crippen MR) is 72.1 cm³/mol. The molecule has 7 heteroatoms. The fraction of sp³-hybridized carbons (Fsp3) is 0.385. The van der Waals surface area contributed by atoms with Crippen molar-refractivity contribution in [3.63, 3.8) is 0 Å². The molecule has 1 aromatic heterocycles.